The molecule has 5 heteroatoms. The molecule has 0 amide bonds. The van der Waals surface area contributed by atoms with Crippen LogP contribution in [-0.4, -0.2) is 39.8 Å². The zero-order valence-electron chi connectivity index (χ0n) is 10.6. The third kappa shape index (κ3) is 2.94. The van der Waals surface area contributed by atoms with Gasteiger partial charge in [0.15, 0.2) is 5.82 Å². The van der Waals surface area contributed by atoms with Gasteiger partial charge in [0.2, 0.25) is 0 Å². The highest BCUT2D eigenvalue weighted by Crippen LogP contribution is 2.16. The SMILES string of the molecule is CC(CO)N(C)Cc1noc(-c2ccccc2)n1. The van der Waals surface area contributed by atoms with Gasteiger partial charge in [-0.15, -0.1) is 0 Å². The van der Waals surface area contributed by atoms with Crippen molar-refractivity contribution in [2.75, 3.05) is 13.7 Å². The van der Waals surface area contributed by atoms with Gasteiger partial charge in [0, 0.05) is 11.6 Å². The third-order valence-electron chi connectivity index (χ3n) is 2.90. The lowest BCUT2D eigenvalue weighted by Crippen LogP contribution is -2.31. The number of hydrogen-bond donors (Lipinski definition) is 1. The molecular weight excluding hydrogens is 230 g/mol. The molecule has 0 radical (unpaired) electrons. The van der Waals surface area contributed by atoms with E-state index in [1.165, 1.54) is 0 Å². The molecule has 1 aromatic heterocycles. The Labute approximate surface area is 106 Å². The molecule has 1 atom stereocenters. The smallest absolute Gasteiger partial charge is 0.257 e. The van der Waals surface area contributed by atoms with E-state index in [0.717, 1.165) is 5.56 Å². The van der Waals surface area contributed by atoms with Crippen LogP contribution in [0, 0.1) is 0 Å². The van der Waals surface area contributed by atoms with E-state index in [9.17, 15) is 0 Å². The summed E-state index contributed by atoms with van der Waals surface area (Å²) < 4.78 is 5.21. The number of rotatable bonds is 5. The van der Waals surface area contributed by atoms with E-state index in [0.29, 0.717) is 18.3 Å². The number of aromatic nitrogens is 2. The van der Waals surface area contributed by atoms with Crippen molar-refractivity contribution in [2.24, 2.45) is 0 Å². The van der Waals surface area contributed by atoms with Gasteiger partial charge in [-0.2, -0.15) is 4.98 Å². The second-order valence-corrected chi connectivity index (χ2v) is 4.33. The fraction of sp³-hybridized carbons (Fsp3) is 0.385. The zero-order chi connectivity index (χ0) is 13.0. The third-order valence-corrected chi connectivity index (χ3v) is 2.90. The highest BCUT2D eigenvalue weighted by molar-refractivity contribution is 5.51. The van der Waals surface area contributed by atoms with Crippen molar-refractivity contribution in [1.82, 2.24) is 15.0 Å². The minimum absolute atomic E-state index is 0.0728. The van der Waals surface area contributed by atoms with Crippen LogP contribution < -0.4 is 0 Å². The number of aliphatic hydroxyl groups is 1. The summed E-state index contributed by atoms with van der Waals surface area (Å²) in [5.41, 5.74) is 0.911. The van der Waals surface area contributed by atoms with Crippen molar-refractivity contribution < 1.29 is 9.63 Å². The predicted octanol–water partition coefficient (Wildman–Crippen LogP) is 1.55. The van der Waals surface area contributed by atoms with Crippen LogP contribution in [0.3, 0.4) is 0 Å². The Morgan fingerprint density at radius 2 is 2.06 bits per heavy atom. The van der Waals surface area contributed by atoms with Crippen molar-refractivity contribution in [3.05, 3.63) is 36.2 Å². The summed E-state index contributed by atoms with van der Waals surface area (Å²) in [5, 5.41) is 13.0. The number of aliphatic hydroxyl groups excluding tert-OH is 1. The number of likely N-dealkylation sites (N-methyl/N-ethyl adjacent to an activating group) is 1. The first kappa shape index (κ1) is 12.7. The van der Waals surface area contributed by atoms with Gasteiger partial charge in [0.1, 0.15) is 0 Å². The highest BCUT2D eigenvalue weighted by atomic mass is 16.5. The molecule has 0 aliphatic rings. The van der Waals surface area contributed by atoms with Gasteiger partial charge in [-0.3, -0.25) is 4.90 Å². The maximum atomic E-state index is 9.06. The molecule has 0 saturated carbocycles. The standard InChI is InChI=1S/C13H17N3O2/c1-10(9-17)16(2)8-12-14-13(18-15-12)11-6-4-3-5-7-11/h3-7,10,17H,8-9H2,1-2H3. The molecule has 2 aromatic rings. The minimum atomic E-state index is 0.0728. The molecule has 1 N–H and O–H groups in total. The highest BCUT2D eigenvalue weighted by Gasteiger charge is 2.13. The van der Waals surface area contributed by atoms with E-state index < -0.39 is 0 Å². The molecule has 96 valence electrons. The van der Waals surface area contributed by atoms with Crippen molar-refractivity contribution in [3.8, 4) is 11.5 Å². The van der Waals surface area contributed by atoms with E-state index >= 15 is 0 Å². The topological polar surface area (TPSA) is 62.4 Å². The summed E-state index contributed by atoms with van der Waals surface area (Å²) in [4.78, 5) is 6.31. The van der Waals surface area contributed by atoms with Crippen LogP contribution in [0.15, 0.2) is 34.9 Å². The van der Waals surface area contributed by atoms with E-state index in [1.807, 2.05) is 49.2 Å². The molecule has 0 spiro atoms. The summed E-state index contributed by atoms with van der Waals surface area (Å²) in [5.74, 6) is 1.15. The lowest BCUT2D eigenvalue weighted by atomic mass is 10.2. The molecule has 18 heavy (non-hydrogen) atoms. The van der Waals surface area contributed by atoms with Crippen LogP contribution in [0.1, 0.15) is 12.7 Å². The molecule has 5 nitrogen and oxygen atoms in total. The molecule has 0 saturated heterocycles. The Morgan fingerprint density at radius 3 is 2.72 bits per heavy atom. The minimum Gasteiger partial charge on any atom is -0.395 e. The number of hydrogen-bond acceptors (Lipinski definition) is 5. The van der Waals surface area contributed by atoms with Crippen molar-refractivity contribution >= 4 is 0 Å². The summed E-state index contributed by atoms with van der Waals surface area (Å²) >= 11 is 0. The zero-order valence-corrected chi connectivity index (χ0v) is 10.6. The first-order valence-electron chi connectivity index (χ1n) is 5.90. The van der Waals surface area contributed by atoms with Crippen LogP contribution in [0.25, 0.3) is 11.5 Å². The van der Waals surface area contributed by atoms with Gasteiger partial charge in [0.05, 0.1) is 13.2 Å². The molecule has 1 aromatic carbocycles. The fourth-order valence-corrected chi connectivity index (χ4v) is 1.53. The van der Waals surface area contributed by atoms with E-state index in [2.05, 4.69) is 10.1 Å². The normalized spacial score (nSPS) is 12.9. The molecular formula is C13H17N3O2. The Balaban J connectivity index is 2.07. The number of nitrogens with zero attached hydrogens (tertiary/aromatic N) is 3. The lowest BCUT2D eigenvalue weighted by Gasteiger charge is -2.20. The summed E-state index contributed by atoms with van der Waals surface area (Å²) in [6.45, 7) is 2.61. The van der Waals surface area contributed by atoms with Crippen molar-refractivity contribution in [2.45, 2.75) is 19.5 Å². The largest absolute Gasteiger partial charge is 0.395 e. The van der Waals surface area contributed by atoms with Gasteiger partial charge in [0.25, 0.3) is 5.89 Å². The lowest BCUT2D eigenvalue weighted by molar-refractivity contribution is 0.150. The molecule has 2 rings (SSSR count). The first-order chi connectivity index (χ1) is 8.70. The summed E-state index contributed by atoms with van der Waals surface area (Å²) in [6, 6.07) is 9.73. The Bertz CT molecular complexity index is 484. The maximum absolute atomic E-state index is 9.06. The summed E-state index contributed by atoms with van der Waals surface area (Å²) in [7, 11) is 1.92. The van der Waals surface area contributed by atoms with Crippen LogP contribution in [0.4, 0.5) is 0 Å². The van der Waals surface area contributed by atoms with Crippen LogP contribution >= 0.6 is 0 Å². The quantitative estimate of drug-likeness (QED) is 0.868. The molecule has 1 unspecified atom stereocenters. The van der Waals surface area contributed by atoms with Gasteiger partial charge < -0.3 is 9.63 Å². The molecule has 1 heterocycles. The average Bonchev–Trinajstić information content (AvgIpc) is 2.87. The van der Waals surface area contributed by atoms with E-state index in [-0.39, 0.29) is 12.6 Å². The van der Waals surface area contributed by atoms with Crippen LogP contribution in [-0.2, 0) is 6.54 Å². The van der Waals surface area contributed by atoms with Gasteiger partial charge in [-0.25, -0.2) is 0 Å². The molecule has 0 aliphatic carbocycles. The van der Waals surface area contributed by atoms with Crippen molar-refractivity contribution in [1.29, 1.82) is 0 Å². The van der Waals surface area contributed by atoms with Gasteiger partial charge >= 0.3 is 0 Å². The fourth-order valence-electron chi connectivity index (χ4n) is 1.53. The average molecular weight is 247 g/mol. The number of benzene rings is 1. The van der Waals surface area contributed by atoms with E-state index in [1.54, 1.807) is 0 Å². The van der Waals surface area contributed by atoms with Crippen molar-refractivity contribution in [3.63, 3.8) is 0 Å². The Morgan fingerprint density at radius 1 is 1.33 bits per heavy atom. The second kappa shape index (κ2) is 5.75. The van der Waals surface area contributed by atoms with Gasteiger partial charge in [-0.05, 0) is 26.1 Å². The predicted molar refractivity (Wildman–Crippen MR) is 67.7 cm³/mol. The van der Waals surface area contributed by atoms with E-state index in [4.69, 9.17) is 9.63 Å². The van der Waals surface area contributed by atoms with Gasteiger partial charge in [-0.1, -0.05) is 23.4 Å². The first-order valence-corrected chi connectivity index (χ1v) is 5.90. The second-order valence-electron chi connectivity index (χ2n) is 4.33. The molecule has 0 bridgehead atoms. The van der Waals surface area contributed by atoms with Crippen LogP contribution in [0.2, 0.25) is 0 Å². The molecule has 0 fully saturated rings. The Kier molecular flexibility index (Phi) is 4.07. The monoisotopic (exact) mass is 247 g/mol. The van der Waals surface area contributed by atoms with Crippen LogP contribution in [0.5, 0.6) is 0 Å². The summed E-state index contributed by atoms with van der Waals surface area (Å²) in [6.07, 6.45) is 0. The Hall–Kier alpha value is -1.72. The maximum Gasteiger partial charge on any atom is 0.257 e. The molecule has 0 aliphatic heterocycles.